The van der Waals surface area contributed by atoms with Crippen molar-refractivity contribution in [3.8, 4) is 34.1 Å². The summed E-state index contributed by atoms with van der Waals surface area (Å²) in [7, 11) is 0. The molecule has 0 saturated carbocycles. The smallest absolute Gasteiger partial charge is 0.278 e. The fraction of sp³-hybridized carbons (Fsp3) is 0.120. The van der Waals surface area contributed by atoms with Crippen LogP contribution in [0.15, 0.2) is 64.4 Å². The van der Waals surface area contributed by atoms with Crippen molar-refractivity contribution in [2.24, 2.45) is 0 Å². The third-order valence-corrected chi connectivity index (χ3v) is 6.05. The largest absolute Gasteiger partial charge is 0.417 e. The molecule has 0 aliphatic rings. The molecule has 0 atom stereocenters. The fourth-order valence-electron chi connectivity index (χ4n) is 3.86. The van der Waals surface area contributed by atoms with E-state index in [-0.39, 0.29) is 33.1 Å². The molecule has 0 aliphatic heterocycles. The first-order chi connectivity index (χ1) is 17.4. The molecular weight excluding hydrogens is 535 g/mol. The number of hydrogen-bond donors (Lipinski definition) is 0. The molecule has 37 heavy (non-hydrogen) atoms. The monoisotopic (exact) mass is 548 g/mol. The number of hydrogen-bond acceptors (Lipinski definition) is 4. The summed E-state index contributed by atoms with van der Waals surface area (Å²) >= 11 is 11.9. The fourth-order valence-corrected chi connectivity index (χ4v) is 4.33. The van der Waals surface area contributed by atoms with E-state index in [1.165, 1.54) is 24.5 Å². The lowest BCUT2D eigenvalue weighted by atomic mass is 9.98. The van der Waals surface area contributed by atoms with Crippen molar-refractivity contribution in [2.45, 2.75) is 19.6 Å². The van der Waals surface area contributed by atoms with E-state index in [2.05, 4.69) is 4.98 Å². The molecule has 188 valence electrons. The molecule has 0 N–H and O–H groups in total. The average molecular weight is 549 g/mol. The Labute approximate surface area is 216 Å². The summed E-state index contributed by atoms with van der Waals surface area (Å²) in [6, 6.07) is 9.39. The van der Waals surface area contributed by atoms with Gasteiger partial charge in [0.2, 0.25) is 0 Å². The number of nitriles is 1. The van der Waals surface area contributed by atoms with E-state index < -0.39 is 40.4 Å². The standard InChI is InChI=1S/C25H14Cl2F4N4O2/c1-13-8-16(12-33-11-13)35-23(36)21(14-3-5-20(28)19(27)9-14)22(34(7-6-32)24(35)37)15-2-4-17(18(26)10-15)25(29,30)31/h2-5,8-12H,7H2,1H3. The van der Waals surface area contributed by atoms with Gasteiger partial charge in [0, 0.05) is 11.8 Å². The van der Waals surface area contributed by atoms with Gasteiger partial charge in [0.25, 0.3) is 5.56 Å². The Morgan fingerprint density at radius 2 is 1.68 bits per heavy atom. The van der Waals surface area contributed by atoms with Gasteiger partial charge in [-0.15, -0.1) is 0 Å². The summed E-state index contributed by atoms with van der Waals surface area (Å²) in [5.74, 6) is -0.780. The van der Waals surface area contributed by atoms with Gasteiger partial charge in [-0.3, -0.25) is 14.3 Å². The van der Waals surface area contributed by atoms with Crippen molar-refractivity contribution in [2.75, 3.05) is 0 Å². The van der Waals surface area contributed by atoms with Gasteiger partial charge in [0.1, 0.15) is 12.4 Å². The van der Waals surface area contributed by atoms with Crippen molar-refractivity contribution in [3.05, 3.63) is 103 Å². The van der Waals surface area contributed by atoms with Crippen LogP contribution in [0, 0.1) is 24.1 Å². The van der Waals surface area contributed by atoms with Crippen molar-refractivity contribution >= 4 is 23.2 Å². The minimum atomic E-state index is -4.75. The van der Waals surface area contributed by atoms with Crippen molar-refractivity contribution in [1.82, 2.24) is 14.1 Å². The number of aromatic nitrogens is 3. The number of halogens is 6. The predicted octanol–water partition coefficient (Wildman–Crippen LogP) is 6.02. The van der Waals surface area contributed by atoms with Crippen LogP contribution < -0.4 is 11.2 Å². The molecule has 2 heterocycles. The van der Waals surface area contributed by atoms with Gasteiger partial charge in [-0.1, -0.05) is 35.3 Å². The molecular formula is C25H14Cl2F4N4O2. The van der Waals surface area contributed by atoms with Gasteiger partial charge < -0.3 is 0 Å². The van der Waals surface area contributed by atoms with E-state index in [4.69, 9.17) is 23.2 Å². The molecule has 0 saturated heterocycles. The lowest BCUT2D eigenvalue weighted by Gasteiger charge is -2.19. The van der Waals surface area contributed by atoms with Crippen LogP contribution in [0.25, 0.3) is 28.1 Å². The Morgan fingerprint density at radius 3 is 2.27 bits per heavy atom. The predicted molar refractivity (Wildman–Crippen MR) is 130 cm³/mol. The second-order valence-electron chi connectivity index (χ2n) is 7.93. The van der Waals surface area contributed by atoms with E-state index in [0.717, 1.165) is 33.4 Å². The maximum Gasteiger partial charge on any atom is 0.417 e. The van der Waals surface area contributed by atoms with Gasteiger partial charge in [-0.05, 0) is 48.4 Å². The Balaban J connectivity index is 2.19. The maximum absolute atomic E-state index is 14.0. The van der Waals surface area contributed by atoms with Gasteiger partial charge in [0.05, 0.1) is 44.8 Å². The average Bonchev–Trinajstić information content (AvgIpc) is 2.82. The van der Waals surface area contributed by atoms with Crippen LogP contribution in [0.2, 0.25) is 10.0 Å². The van der Waals surface area contributed by atoms with E-state index >= 15 is 0 Å². The van der Waals surface area contributed by atoms with E-state index in [1.807, 2.05) is 6.07 Å². The van der Waals surface area contributed by atoms with Crippen LogP contribution in [-0.2, 0) is 12.7 Å². The van der Waals surface area contributed by atoms with Crippen LogP contribution in [0.3, 0.4) is 0 Å². The lowest BCUT2D eigenvalue weighted by Crippen LogP contribution is -2.40. The number of pyridine rings is 1. The molecule has 2 aromatic heterocycles. The molecule has 0 aliphatic carbocycles. The Hall–Kier alpha value is -3.94. The molecule has 4 rings (SSSR count). The highest BCUT2D eigenvalue weighted by Crippen LogP contribution is 2.38. The molecule has 0 radical (unpaired) electrons. The molecule has 0 amide bonds. The Bertz CT molecular complexity index is 1710. The van der Waals surface area contributed by atoms with Crippen LogP contribution in [0.1, 0.15) is 11.1 Å². The summed E-state index contributed by atoms with van der Waals surface area (Å²) in [6.45, 7) is 1.11. The van der Waals surface area contributed by atoms with Gasteiger partial charge >= 0.3 is 11.9 Å². The maximum atomic E-state index is 14.0. The summed E-state index contributed by atoms with van der Waals surface area (Å²) in [4.78, 5) is 31.4. The lowest BCUT2D eigenvalue weighted by molar-refractivity contribution is -0.137. The minimum Gasteiger partial charge on any atom is -0.278 e. The van der Waals surface area contributed by atoms with Crippen LogP contribution >= 0.6 is 23.2 Å². The zero-order valence-corrected chi connectivity index (χ0v) is 20.3. The van der Waals surface area contributed by atoms with Gasteiger partial charge in [0.15, 0.2) is 0 Å². The highest BCUT2D eigenvalue weighted by atomic mass is 35.5. The van der Waals surface area contributed by atoms with Crippen LogP contribution in [0.4, 0.5) is 17.6 Å². The zero-order chi connectivity index (χ0) is 27.1. The minimum absolute atomic E-state index is 0.0487. The Kier molecular flexibility index (Phi) is 6.95. The zero-order valence-electron chi connectivity index (χ0n) is 18.8. The van der Waals surface area contributed by atoms with Gasteiger partial charge in [-0.2, -0.15) is 18.4 Å². The molecule has 0 bridgehead atoms. The second-order valence-corrected chi connectivity index (χ2v) is 8.75. The summed E-state index contributed by atoms with van der Waals surface area (Å²) in [6.07, 6.45) is -1.99. The molecule has 0 unspecified atom stereocenters. The molecule has 0 fully saturated rings. The first-order valence-corrected chi connectivity index (χ1v) is 11.2. The Morgan fingerprint density at radius 1 is 1.00 bits per heavy atom. The topological polar surface area (TPSA) is 80.7 Å². The van der Waals surface area contributed by atoms with Crippen molar-refractivity contribution in [1.29, 1.82) is 5.26 Å². The third-order valence-electron chi connectivity index (χ3n) is 5.45. The summed E-state index contributed by atoms with van der Waals surface area (Å²) in [5, 5.41) is 8.46. The van der Waals surface area contributed by atoms with E-state index in [1.54, 1.807) is 6.92 Å². The van der Waals surface area contributed by atoms with Crippen LogP contribution in [-0.4, -0.2) is 14.1 Å². The van der Waals surface area contributed by atoms with Gasteiger partial charge in [-0.25, -0.2) is 13.8 Å². The highest BCUT2D eigenvalue weighted by molar-refractivity contribution is 6.32. The summed E-state index contributed by atoms with van der Waals surface area (Å²) < 4.78 is 55.6. The molecule has 2 aromatic carbocycles. The highest BCUT2D eigenvalue weighted by Gasteiger charge is 2.33. The number of rotatable bonds is 4. The van der Waals surface area contributed by atoms with E-state index in [0.29, 0.717) is 11.6 Å². The van der Waals surface area contributed by atoms with E-state index in [9.17, 15) is 32.4 Å². The SMILES string of the molecule is Cc1cncc(-n2c(=O)c(-c3ccc(F)c(Cl)c3)c(-c3ccc(C(F)(F)F)c(Cl)c3)n(CC#N)c2=O)c1. The number of nitrogens with zero attached hydrogens (tertiary/aromatic N) is 4. The number of benzene rings is 2. The van der Waals surface area contributed by atoms with Crippen LogP contribution in [0.5, 0.6) is 0 Å². The molecule has 0 spiro atoms. The quantitative estimate of drug-likeness (QED) is 0.292. The molecule has 12 heteroatoms. The first-order valence-electron chi connectivity index (χ1n) is 10.5. The van der Waals surface area contributed by atoms with Crippen molar-refractivity contribution < 1.29 is 17.6 Å². The second kappa shape index (κ2) is 9.84. The van der Waals surface area contributed by atoms with Crippen molar-refractivity contribution in [3.63, 3.8) is 0 Å². The number of aryl methyl sites for hydroxylation is 1. The molecule has 4 aromatic rings. The third kappa shape index (κ3) is 4.88. The first kappa shape index (κ1) is 26.1. The molecule has 6 nitrogen and oxygen atoms in total. The normalized spacial score (nSPS) is 11.4. The number of alkyl halides is 3. The summed E-state index contributed by atoms with van der Waals surface area (Å²) in [5.41, 5.74) is -2.63.